The van der Waals surface area contributed by atoms with Crippen LogP contribution in [0.5, 0.6) is 0 Å². The van der Waals surface area contributed by atoms with Gasteiger partial charge in [0.15, 0.2) is 0 Å². The molecule has 0 fully saturated rings. The van der Waals surface area contributed by atoms with Crippen LogP contribution in [-0.4, -0.2) is 12.6 Å². The molecule has 0 aromatic carbocycles. The summed E-state index contributed by atoms with van der Waals surface area (Å²) in [7, 11) is 0. The Morgan fingerprint density at radius 1 is 1.67 bits per heavy atom. The monoisotopic (exact) mass is 124 g/mol. The van der Waals surface area contributed by atoms with Crippen molar-refractivity contribution in [3.8, 4) is 0 Å². The molecule has 0 aromatic rings. The normalized spacial score (nSPS) is 27.2. The van der Waals surface area contributed by atoms with Gasteiger partial charge in [-0.05, 0) is 18.4 Å². The van der Waals surface area contributed by atoms with Crippen molar-refractivity contribution in [2.45, 2.75) is 26.3 Å². The van der Waals surface area contributed by atoms with Gasteiger partial charge in [-0.1, -0.05) is 19.9 Å². The molecule has 1 aliphatic rings. The minimum atomic E-state index is 0.662. The Labute approximate surface area is 57.1 Å². The Hall–Kier alpha value is -0.300. The van der Waals surface area contributed by atoms with Gasteiger partial charge in [0.1, 0.15) is 0 Å². The van der Waals surface area contributed by atoms with Gasteiger partial charge in [-0.3, -0.25) is 0 Å². The van der Waals surface area contributed by atoms with Crippen LogP contribution in [0.15, 0.2) is 6.08 Å². The largest absolute Gasteiger partial charge is 0.310 e. The van der Waals surface area contributed by atoms with E-state index in [9.17, 15) is 0 Å². The van der Waals surface area contributed by atoms with Gasteiger partial charge in [-0.25, -0.2) is 0 Å². The molecule has 1 radical (unpaired) electrons. The second kappa shape index (κ2) is 3.02. The molecule has 1 unspecified atom stereocenters. The predicted octanol–water partition coefficient (Wildman–Crippen LogP) is 1.36. The second-order valence-corrected chi connectivity index (χ2v) is 2.87. The summed E-state index contributed by atoms with van der Waals surface area (Å²) in [5, 5.41) is 3.40. The molecule has 9 heavy (non-hydrogen) atoms. The number of rotatable bonds is 1. The molecule has 1 heterocycles. The van der Waals surface area contributed by atoms with Crippen molar-refractivity contribution in [2.24, 2.45) is 5.92 Å². The summed E-state index contributed by atoms with van der Waals surface area (Å²) in [6.07, 6.45) is 6.38. The molecule has 1 atom stereocenters. The lowest BCUT2D eigenvalue weighted by Crippen LogP contribution is -2.35. The molecule has 0 aliphatic carbocycles. The zero-order valence-electron chi connectivity index (χ0n) is 6.15. The van der Waals surface area contributed by atoms with Crippen LogP contribution >= 0.6 is 0 Å². The fraction of sp³-hybridized carbons (Fsp3) is 0.750. The number of hydrogen-bond acceptors (Lipinski definition) is 1. The van der Waals surface area contributed by atoms with Gasteiger partial charge in [0.2, 0.25) is 0 Å². The Kier molecular flexibility index (Phi) is 2.29. The van der Waals surface area contributed by atoms with Crippen LogP contribution < -0.4 is 5.32 Å². The zero-order valence-corrected chi connectivity index (χ0v) is 6.15. The molecule has 0 saturated carbocycles. The zero-order chi connectivity index (χ0) is 6.69. The summed E-state index contributed by atoms with van der Waals surface area (Å²) >= 11 is 0. The molecule has 0 bridgehead atoms. The van der Waals surface area contributed by atoms with Crippen LogP contribution in [0, 0.1) is 12.0 Å². The van der Waals surface area contributed by atoms with Crippen LogP contribution in [0.25, 0.3) is 0 Å². The lowest BCUT2D eigenvalue weighted by molar-refractivity contribution is 0.402. The van der Waals surface area contributed by atoms with Gasteiger partial charge in [-0.2, -0.15) is 0 Å². The first kappa shape index (κ1) is 6.81. The molecule has 1 N–H and O–H groups in total. The smallest absolute Gasteiger partial charge is 0.0143 e. The quantitative estimate of drug-likeness (QED) is 0.556. The van der Waals surface area contributed by atoms with Gasteiger partial charge >= 0.3 is 0 Å². The van der Waals surface area contributed by atoms with Crippen molar-refractivity contribution in [1.29, 1.82) is 0 Å². The molecular weight excluding hydrogens is 110 g/mol. The van der Waals surface area contributed by atoms with Gasteiger partial charge in [0.25, 0.3) is 0 Å². The van der Waals surface area contributed by atoms with E-state index in [-0.39, 0.29) is 0 Å². The third-order valence-electron chi connectivity index (χ3n) is 1.77. The van der Waals surface area contributed by atoms with Crippen molar-refractivity contribution in [3.05, 3.63) is 12.2 Å². The van der Waals surface area contributed by atoms with Gasteiger partial charge in [0, 0.05) is 12.6 Å². The maximum absolute atomic E-state index is 3.40. The van der Waals surface area contributed by atoms with Gasteiger partial charge < -0.3 is 5.32 Å². The highest BCUT2D eigenvalue weighted by molar-refractivity contribution is 4.89. The van der Waals surface area contributed by atoms with Crippen LogP contribution in [0.4, 0.5) is 0 Å². The molecule has 0 aromatic heterocycles. The Morgan fingerprint density at radius 2 is 2.44 bits per heavy atom. The molecule has 0 spiro atoms. The fourth-order valence-corrected chi connectivity index (χ4v) is 1.04. The van der Waals surface area contributed by atoms with E-state index in [1.807, 2.05) is 0 Å². The molecule has 1 aliphatic heterocycles. The van der Waals surface area contributed by atoms with Crippen LogP contribution in [0.1, 0.15) is 20.3 Å². The second-order valence-electron chi connectivity index (χ2n) is 2.87. The Morgan fingerprint density at radius 3 is 2.78 bits per heavy atom. The molecule has 1 heteroatoms. The van der Waals surface area contributed by atoms with E-state index >= 15 is 0 Å². The topological polar surface area (TPSA) is 12.0 Å². The summed E-state index contributed by atoms with van der Waals surface area (Å²) in [6.45, 7) is 5.48. The maximum Gasteiger partial charge on any atom is 0.0143 e. The fourth-order valence-electron chi connectivity index (χ4n) is 1.04. The Balaban J connectivity index is 2.35. The van der Waals surface area contributed by atoms with Crippen molar-refractivity contribution >= 4 is 0 Å². The summed E-state index contributed by atoms with van der Waals surface area (Å²) in [6, 6.07) is 0.662. The lowest BCUT2D eigenvalue weighted by Gasteiger charge is -2.22. The van der Waals surface area contributed by atoms with Crippen molar-refractivity contribution in [2.75, 3.05) is 6.54 Å². The summed E-state index contributed by atoms with van der Waals surface area (Å²) in [4.78, 5) is 0. The third-order valence-corrected chi connectivity index (χ3v) is 1.77. The number of nitrogens with one attached hydrogen (secondary N) is 1. The van der Waals surface area contributed by atoms with E-state index in [1.54, 1.807) is 0 Å². The third kappa shape index (κ3) is 1.83. The Bertz CT molecular complexity index is 105. The van der Waals surface area contributed by atoms with Crippen molar-refractivity contribution < 1.29 is 0 Å². The molecule has 51 valence electrons. The number of hydrogen-bond donors (Lipinski definition) is 1. The van der Waals surface area contributed by atoms with Crippen molar-refractivity contribution in [3.63, 3.8) is 0 Å². The molecule has 1 nitrogen and oxygen atoms in total. The van der Waals surface area contributed by atoms with E-state index in [0.717, 1.165) is 18.9 Å². The van der Waals surface area contributed by atoms with Gasteiger partial charge in [-0.15, -0.1) is 0 Å². The molecular formula is C8H14N. The summed E-state index contributed by atoms with van der Waals surface area (Å²) in [5.74, 6) is 0.742. The minimum Gasteiger partial charge on any atom is -0.310 e. The van der Waals surface area contributed by atoms with Gasteiger partial charge in [0.05, 0.1) is 0 Å². The summed E-state index contributed by atoms with van der Waals surface area (Å²) in [5.41, 5.74) is 0. The van der Waals surface area contributed by atoms with Crippen LogP contribution in [-0.2, 0) is 0 Å². The standard InChI is InChI=1S/C8H14N/c1-7(2)8-5-3-4-6-9-8/h4,7-9H,5-6H2,1-2H3. The predicted molar refractivity (Wildman–Crippen MR) is 39.1 cm³/mol. The van der Waals surface area contributed by atoms with Crippen LogP contribution in [0.3, 0.4) is 0 Å². The van der Waals surface area contributed by atoms with E-state index < -0.39 is 0 Å². The highest BCUT2D eigenvalue weighted by Gasteiger charge is 2.11. The highest BCUT2D eigenvalue weighted by Crippen LogP contribution is 2.08. The van der Waals surface area contributed by atoms with Crippen LogP contribution in [0.2, 0.25) is 0 Å². The maximum atomic E-state index is 3.40. The first-order chi connectivity index (χ1) is 4.30. The lowest BCUT2D eigenvalue weighted by atomic mass is 9.99. The molecule has 0 amide bonds. The summed E-state index contributed by atoms with van der Waals surface area (Å²) < 4.78 is 0. The van der Waals surface area contributed by atoms with E-state index in [0.29, 0.717) is 6.04 Å². The molecule has 0 saturated heterocycles. The van der Waals surface area contributed by atoms with Crippen molar-refractivity contribution in [1.82, 2.24) is 5.32 Å². The van der Waals surface area contributed by atoms with E-state index in [4.69, 9.17) is 0 Å². The van der Waals surface area contributed by atoms with E-state index in [2.05, 4.69) is 31.3 Å². The van der Waals surface area contributed by atoms with E-state index in [1.165, 1.54) is 0 Å². The highest BCUT2D eigenvalue weighted by atomic mass is 14.9. The average molecular weight is 124 g/mol. The SMILES string of the molecule is CC(C)C1C[C]=CCN1. The average Bonchev–Trinajstić information content (AvgIpc) is 1.90. The molecule has 1 rings (SSSR count). The minimum absolute atomic E-state index is 0.662. The first-order valence-electron chi connectivity index (χ1n) is 3.59. The first-order valence-corrected chi connectivity index (χ1v) is 3.59.